The SMILES string of the molecule is C=C(/C=C(C)/C=C/C=C(C)/C=C/C1=C(C)CCCC1(C)C)Nc1ccc(O)c(I)c1. The minimum absolute atomic E-state index is 0.275. The molecule has 0 atom stereocenters. The summed E-state index contributed by atoms with van der Waals surface area (Å²) < 4.78 is 0.808. The van der Waals surface area contributed by atoms with Crippen molar-refractivity contribution >= 4 is 28.3 Å². The van der Waals surface area contributed by atoms with Crippen LogP contribution >= 0.6 is 22.6 Å². The molecule has 0 aromatic heterocycles. The third kappa shape index (κ3) is 7.35. The maximum atomic E-state index is 9.62. The first kappa shape index (κ1) is 24.3. The van der Waals surface area contributed by atoms with Crippen molar-refractivity contribution in [1.82, 2.24) is 0 Å². The molecule has 0 radical (unpaired) electrons. The molecule has 0 spiro atoms. The quantitative estimate of drug-likeness (QED) is 0.217. The fourth-order valence-electron chi connectivity index (χ4n) is 3.76. The fraction of sp³-hybridized carbons (Fsp3) is 0.333. The Morgan fingerprint density at radius 2 is 1.93 bits per heavy atom. The summed E-state index contributed by atoms with van der Waals surface area (Å²) in [4.78, 5) is 0. The number of allylic oxidation sites excluding steroid dienone is 10. The molecule has 2 nitrogen and oxygen atoms in total. The van der Waals surface area contributed by atoms with E-state index >= 15 is 0 Å². The van der Waals surface area contributed by atoms with Crippen molar-refractivity contribution in [2.45, 2.75) is 53.9 Å². The van der Waals surface area contributed by atoms with Gasteiger partial charge in [-0.05, 0) is 103 Å². The molecule has 0 unspecified atom stereocenters. The summed E-state index contributed by atoms with van der Waals surface area (Å²) >= 11 is 2.11. The van der Waals surface area contributed by atoms with Gasteiger partial charge in [0.2, 0.25) is 0 Å². The number of halogens is 1. The van der Waals surface area contributed by atoms with Gasteiger partial charge in [0, 0.05) is 11.4 Å². The van der Waals surface area contributed by atoms with Crippen LogP contribution in [0.1, 0.15) is 53.9 Å². The summed E-state index contributed by atoms with van der Waals surface area (Å²) in [6, 6.07) is 5.41. The highest BCUT2D eigenvalue weighted by atomic mass is 127. The van der Waals surface area contributed by atoms with Gasteiger partial charge in [-0.25, -0.2) is 0 Å². The van der Waals surface area contributed by atoms with E-state index in [4.69, 9.17) is 0 Å². The Balaban J connectivity index is 1.97. The van der Waals surface area contributed by atoms with Gasteiger partial charge in [0.1, 0.15) is 5.75 Å². The summed E-state index contributed by atoms with van der Waals surface area (Å²) in [5.74, 6) is 0.288. The zero-order chi connectivity index (χ0) is 22.3. The first-order chi connectivity index (χ1) is 14.1. The average molecular weight is 515 g/mol. The first-order valence-corrected chi connectivity index (χ1v) is 11.5. The highest BCUT2D eigenvalue weighted by Crippen LogP contribution is 2.40. The molecule has 0 amide bonds. The average Bonchev–Trinajstić information content (AvgIpc) is 2.63. The third-order valence-corrected chi connectivity index (χ3v) is 6.29. The van der Waals surface area contributed by atoms with Gasteiger partial charge in [0.05, 0.1) is 3.57 Å². The molecule has 2 rings (SSSR count). The Kier molecular flexibility index (Phi) is 8.78. The van der Waals surface area contributed by atoms with E-state index in [-0.39, 0.29) is 11.2 Å². The molecule has 0 bridgehead atoms. The molecule has 0 saturated heterocycles. The molecule has 3 heteroatoms. The van der Waals surface area contributed by atoms with Gasteiger partial charge in [-0.2, -0.15) is 0 Å². The van der Waals surface area contributed by atoms with Crippen LogP contribution in [0.2, 0.25) is 0 Å². The normalized spacial score (nSPS) is 17.8. The van der Waals surface area contributed by atoms with E-state index < -0.39 is 0 Å². The highest BCUT2D eigenvalue weighted by molar-refractivity contribution is 14.1. The number of phenolic OH excluding ortho intramolecular Hbond substituents is 1. The second-order valence-electron chi connectivity index (χ2n) is 8.74. The van der Waals surface area contributed by atoms with Crippen LogP contribution in [0.4, 0.5) is 5.69 Å². The van der Waals surface area contributed by atoms with Crippen LogP contribution < -0.4 is 5.32 Å². The van der Waals surface area contributed by atoms with E-state index in [1.807, 2.05) is 18.2 Å². The number of phenols is 1. The van der Waals surface area contributed by atoms with Crippen molar-refractivity contribution in [3.8, 4) is 5.75 Å². The minimum atomic E-state index is 0.275. The summed E-state index contributed by atoms with van der Waals surface area (Å²) in [5, 5.41) is 12.9. The number of anilines is 1. The highest BCUT2D eigenvalue weighted by Gasteiger charge is 2.26. The van der Waals surface area contributed by atoms with Crippen molar-refractivity contribution in [1.29, 1.82) is 0 Å². The van der Waals surface area contributed by atoms with Gasteiger partial charge in [0.25, 0.3) is 0 Å². The van der Waals surface area contributed by atoms with Gasteiger partial charge in [0.15, 0.2) is 0 Å². The second-order valence-corrected chi connectivity index (χ2v) is 9.90. The number of benzene rings is 1. The molecule has 1 aromatic carbocycles. The number of hydrogen-bond donors (Lipinski definition) is 2. The smallest absolute Gasteiger partial charge is 0.129 e. The van der Waals surface area contributed by atoms with Crippen LogP contribution in [-0.4, -0.2) is 5.11 Å². The Labute approximate surface area is 196 Å². The van der Waals surface area contributed by atoms with Crippen molar-refractivity contribution < 1.29 is 5.11 Å². The summed E-state index contributed by atoms with van der Waals surface area (Å²) in [6.07, 6.45) is 16.6. The fourth-order valence-corrected chi connectivity index (χ4v) is 4.28. The standard InChI is InChI=1S/C27H34INO/c1-19(12-14-24-21(3)11-8-16-27(24,5)6)9-7-10-20(2)17-22(4)29-23-13-15-26(30)25(28)18-23/h7,9-10,12-15,17-18,29-30H,4,8,11,16H2,1-3,5-6H3/b10-7+,14-12+,19-9+,20-17+. The maximum Gasteiger partial charge on any atom is 0.129 e. The Hall–Kier alpha value is -2.01. The number of hydrogen-bond acceptors (Lipinski definition) is 2. The van der Waals surface area contributed by atoms with Gasteiger partial charge in [-0.1, -0.05) is 62.0 Å². The van der Waals surface area contributed by atoms with Crippen LogP contribution in [0, 0.1) is 8.99 Å². The molecule has 30 heavy (non-hydrogen) atoms. The maximum absolute atomic E-state index is 9.62. The van der Waals surface area contributed by atoms with E-state index in [1.54, 1.807) is 6.07 Å². The van der Waals surface area contributed by atoms with Crippen LogP contribution in [0.25, 0.3) is 0 Å². The minimum Gasteiger partial charge on any atom is -0.507 e. The van der Waals surface area contributed by atoms with Crippen molar-refractivity contribution in [2.24, 2.45) is 5.41 Å². The van der Waals surface area contributed by atoms with Gasteiger partial charge < -0.3 is 10.4 Å². The van der Waals surface area contributed by atoms with Gasteiger partial charge in [-0.3, -0.25) is 0 Å². The molecular formula is C27H34INO. The van der Waals surface area contributed by atoms with E-state index in [2.05, 4.69) is 99.5 Å². The van der Waals surface area contributed by atoms with Crippen molar-refractivity contribution in [3.63, 3.8) is 0 Å². The Bertz CT molecular complexity index is 942. The topological polar surface area (TPSA) is 32.3 Å². The summed E-state index contributed by atoms with van der Waals surface area (Å²) in [7, 11) is 0. The lowest BCUT2D eigenvalue weighted by Crippen LogP contribution is -2.19. The molecule has 0 fully saturated rings. The molecule has 0 aliphatic heterocycles. The van der Waals surface area contributed by atoms with Gasteiger partial charge in [-0.15, -0.1) is 0 Å². The molecule has 1 aliphatic rings. The van der Waals surface area contributed by atoms with Crippen molar-refractivity contribution in [2.75, 3.05) is 5.32 Å². The van der Waals surface area contributed by atoms with Crippen LogP contribution in [0.15, 0.2) is 89.2 Å². The number of aromatic hydroxyl groups is 1. The predicted molar refractivity (Wildman–Crippen MR) is 140 cm³/mol. The first-order valence-electron chi connectivity index (χ1n) is 10.4. The lowest BCUT2D eigenvalue weighted by atomic mass is 9.72. The molecule has 160 valence electrons. The monoisotopic (exact) mass is 515 g/mol. The summed E-state index contributed by atoms with van der Waals surface area (Å²) in [5.41, 5.74) is 7.36. The zero-order valence-electron chi connectivity index (χ0n) is 18.8. The van der Waals surface area contributed by atoms with Gasteiger partial charge >= 0.3 is 0 Å². The van der Waals surface area contributed by atoms with Crippen LogP contribution in [0.3, 0.4) is 0 Å². The zero-order valence-corrected chi connectivity index (χ0v) is 21.0. The number of rotatable bonds is 7. The Morgan fingerprint density at radius 1 is 1.20 bits per heavy atom. The molecule has 2 N–H and O–H groups in total. The molecule has 0 heterocycles. The van der Waals surface area contributed by atoms with Crippen LogP contribution in [-0.2, 0) is 0 Å². The van der Waals surface area contributed by atoms with Crippen molar-refractivity contribution in [3.05, 3.63) is 92.8 Å². The van der Waals surface area contributed by atoms with E-state index in [0.29, 0.717) is 0 Å². The Morgan fingerprint density at radius 3 is 2.60 bits per heavy atom. The van der Waals surface area contributed by atoms with Crippen LogP contribution in [0.5, 0.6) is 5.75 Å². The molecule has 0 saturated carbocycles. The van der Waals surface area contributed by atoms with E-state index in [1.165, 1.54) is 36.0 Å². The van der Waals surface area contributed by atoms with E-state index in [9.17, 15) is 5.11 Å². The molecule has 1 aliphatic carbocycles. The lowest BCUT2D eigenvalue weighted by molar-refractivity contribution is 0.377. The predicted octanol–water partition coefficient (Wildman–Crippen LogP) is 8.45. The lowest BCUT2D eigenvalue weighted by Gasteiger charge is -2.32. The third-order valence-electron chi connectivity index (χ3n) is 5.43. The van der Waals surface area contributed by atoms with E-state index in [0.717, 1.165) is 20.5 Å². The number of nitrogens with one attached hydrogen (secondary N) is 1. The largest absolute Gasteiger partial charge is 0.507 e. The second kappa shape index (κ2) is 10.9. The molecule has 1 aromatic rings. The summed E-state index contributed by atoms with van der Waals surface area (Å²) in [6.45, 7) is 15.2. The molecular weight excluding hydrogens is 481 g/mol.